The van der Waals surface area contributed by atoms with Gasteiger partial charge < -0.3 is 9.84 Å². The Bertz CT molecular complexity index is 1050. The number of pyridine rings is 1. The van der Waals surface area contributed by atoms with Gasteiger partial charge in [-0.15, -0.1) is 0 Å². The molecule has 4 rings (SSSR count). The fourth-order valence-electron chi connectivity index (χ4n) is 3.67. The summed E-state index contributed by atoms with van der Waals surface area (Å²) in [5.41, 5.74) is 0.827. The van der Waals surface area contributed by atoms with Gasteiger partial charge in [-0.25, -0.2) is 14.2 Å². The van der Waals surface area contributed by atoms with E-state index in [0.29, 0.717) is 10.4 Å². The summed E-state index contributed by atoms with van der Waals surface area (Å²) in [5, 5.41) is 14.7. The third kappa shape index (κ3) is 3.91. The van der Waals surface area contributed by atoms with Crippen LogP contribution in [0.5, 0.6) is 5.75 Å². The third-order valence-electron chi connectivity index (χ3n) is 5.28. The molecule has 29 heavy (non-hydrogen) atoms. The lowest BCUT2D eigenvalue weighted by Gasteiger charge is -2.29. The second-order valence-corrected chi connectivity index (χ2v) is 7.87. The average Bonchev–Trinajstić information content (AvgIpc) is 3.05. The molecule has 2 heterocycles. The standard InChI is InChI=1S/C20H20BrFN4O3/c1-25(20(27)28)18-10-16-14(11-23-18)19(21)24-26(16)12-6-8-13(9-7-12)29-17-5-3-2-4-15(17)22/h2-5,10-13H,6-9H2,1H3,(H,27,28)/t12-,13+. The van der Waals surface area contributed by atoms with Gasteiger partial charge in [0, 0.05) is 19.3 Å². The van der Waals surface area contributed by atoms with E-state index >= 15 is 0 Å². The number of hydrogen-bond donors (Lipinski definition) is 1. The molecule has 1 fully saturated rings. The lowest BCUT2D eigenvalue weighted by molar-refractivity contribution is 0.126. The quantitative estimate of drug-likeness (QED) is 0.589. The summed E-state index contributed by atoms with van der Waals surface area (Å²) in [4.78, 5) is 16.5. The predicted molar refractivity (Wildman–Crippen MR) is 110 cm³/mol. The molecule has 2 aromatic heterocycles. The van der Waals surface area contributed by atoms with Crippen LogP contribution < -0.4 is 9.64 Å². The van der Waals surface area contributed by atoms with Crippen LogP contribution in [-0.4, -0.2) is 39.1 Å². The van der Waals surface area contributed by atoms with E-state index < -0.39 is 6.09 Å². The minimum Gasteiger partial charge on any atom is -0.487 e. The number of amides is 1. The van der Waals surface area contributed by atoms with Crippen LogP contribution in [0.25, 0.3) is 10.9 Å². The number of ether oxygens (including phenoxy) is 1. The van der Waals surface area contributed by atoms with Crippen LogP contribution in [0.4, 0.5) is 15.0 Å². The maximum atomic E-state index is 13.8. The largest absolute Gasteiger partial charge is 0.487 e. The minimum atomic E-state index is -1.08. The monoisotopic (exact) mass is 462 g/mol. The first-order valence-corrected chi connectivity index (χ1v) is 10.1. The SMILES string of the molecule is CN(C(=O)O)c1cc2c(cn1)c(Br)nn2[C@H]1CC[C@@H](Oc2ccccc2F)CC1. The maximum Gasteiger partial charge on any atom is 0.412 e. The summed E-state index contributed by atoms with van der Waals surface area (Å²) in [7, 11) is 1.46. The van der Waals surface area contributed by atoms with E-state index in [1.807, 2.05) is 4.68 Å². The normalized spacial score (nSPS) is 19.3. The van der Waals surface area contributed by atoms with E-state index in [4.69, 9.17) is 4.74 Å². The highest BCUT2D eigenvalue weighted by Crippen LogP contribution is 2.35. The van der Waals surface area contributed by atoms with Crippen molar-refractivity contribution in [3.8, 4) is 5.75 Å². The van der Waals surface area contributed by atoms with Crippen LogP contribution in [0.1, 0.15) is 31.7 Å². The summed E-state index contributed by atoms with van der Waals surface area (Å²) in [6.45, 7) is 0. The van der Waals surface area contributed by atoms with Crippen LogP contribution in [0.15, 0.2) is 41.1 Å². The molecule has 1 saturated carbocycles. The molecular formula is C20H20BrFN4O3. The molecule has 1 aliphatic carbocycles. The van der Waals surface area contributed by atoms with Gasteiger partial charge in [-0.05, 0) is 53.7 Å². The van der Waals surface area contributed by atoms with E-state index in [9.17, 15) is 14.3 Å². The minimum absolute atomic E-state index is 0.0382. The van der Waals surface area contributed by atoms with Crippen molar-refractivity contribution >= 4 is 38.7 Å². The number of para-hydroxylation sites is 1. The summed E-state index contributed by atoms with van der Waals surface area (Å²) >= 11 is 3.47. The lowest BCUT2D eigenvalue weighted by Crippen LogP contribution is -2.27. The Morgan fingerprint density at radius 2 is 2.03 bits per heavy atom. The Kier molecular flexibility index (Phi) is 5.40. The first-order valence-electron chi connectivity index (χ1n) is 9.35. The van der Waals surface area contributed by atoms with Gasteiger partial charge in [0.25, 0.3) is 0 Å². The van der Waals surface area contributed by atoms with Gasteiger partial charge in [-0.1, -0.05) is 12.1 Å². The molecule has 0 bridgehead atoms. The Hall–Kier alpha value is -2.68. The Morgan fingerprint density at radius 1 is 1.31 bits per heavy atom. The number of carboxylic acid groups (broad SMARTS) is 1. The fourth-order valence-corrected chi connectivity index (χ4v) is 4.15. The molecule has 0 spiro atoms. The van der Waals surface area contributed by atoms with Crippen molar-refractivity contribution in [2.45, 2.75) is 37.8 Å². The number of benzene rings is 1. The third-order valence-corrected chi connectivity index (χ3v) is 5.87. The van der Waals surface area contributed by atoms with Gasteiger partial charge in [0.1, 0.15) is 10.4 Å². The summed E-state index contributed by atoms with van der Waals surface area (Å²) in [6, 6.07) is 8.33. The van der Waals surface area contributed by atoms with Crippen molar-refractivity contribution in [1.29, 1.82) is 0 Å². The van der Waals surface area contributed by atoms with Crippen LogP contribution >= 0.6 is 15.9 Å². The van der Waals surface area contributed by atoms with Gasteiger partial charge in [0.15, 0.2) is 11.6 Å². The van der Waals surface area contributed by atoms with E-state index in [0.717, 1.165) is 41.5 Å². The molecule has 0 aliphatic heterocycles. The predicted octanol–water partition coefficient (Wildman–Crippen LogP) is 5.01. The zero-order chi connectivity index (χ0) is 20.5. The van der Waals surface area contributed by atoms with Gasteiger partial charge in [0.2, 0.25) is 0 Å². The smallest absolute Gasteiger partial charge is 0.412 e. The molecule has 152 valence electrons. The first kappa shape index (κ1) is 19.6. The number of nitrogens with zero attached hydrogens (tertiary/aromatic N) is 4. The lowest BCUT2D eigenvalue weighted by atomic mass is 9.93. The van der Waals surface area contributed by atoms with Gasteiger partial charge in [-0.2, -0.15) is 5.10 Å². The van der Waals surface area contributed by atoms with E-state index in [1.54, 1.807) is 30.5 Å². The summed E-state index contributed by atoms with van der Waals surface area (Å²) < 4.78 is 22.3. The first-order chi connectivity index (χ1) is 13.9. The number of anilines is 1. The Labute approximate surface area is 175 Å². The van der Waals surface area contributed by atoms with E-state index in [2.05, 4.69) is 26.0 Å². The molecule has 3 aromatic rings. The number of rotatable bonds is 4. The van der Waals surface area contributed by atoms with Crippen LogP contribution in [-0.2, 0) is 0 Å². The van der Waals surface area contributed by atoms with Crippen LogP contribution in [0.3, 0.4) is 0 Å². The molecule has 1 aromatic carbocycles. The molecule has 0 saturated heterocycles. The average molecular weight is 463 g/mol. The second-order valence-electron chi connectivity index (χ2n) is 7.12. The van der Waals surface area contributed by atoms with E-state index in [1.165, 1.54) is 13.1 Å². The Morgan fingerprint density at radius 3 is 2.72 bits per heavy atom. The molecule has 0 unspecified atom stereocenters. The number of hydrogen-bond acceptors (Lipinski definition) is 4. The molecule has 0 atom stereocenters. The Balaban J connectivity index is 1.52. The van der Waals surface area contributed by atoms with Gasteiger partial charge in [-0.3, -0.25) is 9.58 Å². The highest BCUT2D eigenvalue weighted by Gasteiger charge is 2.27. The number of aromatic nitrogens is 3. The zero-order valence-electron chi connectivity index (χ0n) is 15.8. The van der Waals surface area contributed by atoms with Crippen molar-refractivity contribution in [2.75, 3.05) is 11.9 Å². The van der Waals surface area contributed by atoms with Crippen molar-refractivity contribution in [1.82, 2.24) is 14.8 Å². The molecule has 1 amide bonds. The van der Waals surface area contributed by atoms with Gasteiger partial charge >= 0.3 is 6.09 Å². The summed E-state index contributed by atoms with van der Waals surface area (Å²) in [6.07, 6.45) is 3.74. The molecule has 1 aliphatic rings. The van der Waals surface area contributed by atoms with Gasteiger partial charge in [0.05, 0.1) is 23.0 Å². The van der Waals surface area contributed by atoms with Crippen LogP contribution in [0, 0.1) is 5.82 Å². The fraction of sp³-hybridized carbons (Fsp3) is 0.350. The number of fused-ring (bicyclic) bond motifs is 1. The molecular weight excluding hydrogens is 443 g/mol. The maximum absolute atomic E-state index is 13.8. The zero-order valence-corrected chi connectivity index (χ0v) is 17.3. The van der Waals surface area contributed by atoms with Crippen LogP contribution in [0.2, 0.25) is 0 Å². The highest BCUT2D eigenvalue weighted by atomic mass is 79.9. The van der Waals surface area contributed by atoms with Crippen molar-refractivity contribution < 1.29 is 19.0 Å². The molecule has 9 heteroatoms. The topological polar surface area (TPSA) is 80.5 Å². The van der Waals surface area contributed by atoms with Crippen molar-refractivity contribution in [2.24, 2.45) is 0 Å². The number of carbonyl (C=O) groups is 1. The highest BCUT2D eigenvalue weighted by molar-refractivity contribution is 9.10. The molecule has 0 radical (unpaired) electrons. The number of halogens is 2. The van der Waals surface area contributed by atoms with Crippen molar-refractivity contribution in [3.05, 3.63) is 46.9 Å². The van der Waals surface area contributed by atoms with E-state index in [-0.39, 0.29) is 23.7 Å². The molecule has 1 N–H and O–H groups in total. The summed E-state index contributed by atoms with van der Waals surface area (Å²) in [5.74, 6) is 0.282. The molecule has 7 nitrogen and oxygen atoms in total. The van der Waals surface area contributed by atoms with Crippen molar-refractivity contribution in [3.63, 3.8) is 0 Å². The second kappa shape index (κ2) is 7.98.